The normalized spacial score (nSPS) is 13.3. The number of pyridine rings is 2. The molecule has 0 atom stereocenters. The average molecular weight is 578 g/mol. The van der Waals surface area contributed by atoms with Crippen molar-refractivity contribution in [2.24, 2.45) is 0 Å². The summed E-state index contributed by atoms with van der Waals surface area (Å²) in [5, 5.41) is 0. The Kier molecular flexibility index (Phi) is 4.86. The van der Waals surface area contributed by atoms with Crippen LogP contribution in [0.15, 0.2) is 112 Å². The average Bonchev–Trinajstić information content (AvgIpc) is 3.38. The maximum absolute atomic E-state index is 4.77. The summed E-state index contributed by atoms with van der Waals surface area (Å²) in [5.74, 6) is 0.0246. The molecule has 0 bridgehead atoms. The van der Waals surface area contributed by atoms with Crippen molar-refractivity contribution >= 4 is 43.0 Å². The second-order valence-electron chi connectivity index (χ2n) is 8.85. The molecule has 2 nitrogen and oxygen atoms in total. The van der Waals surface area contributed by atoms with Crippen LogP contribution in [0.2, 0.25) is 0 Å². The summed E-state index contributed by atoms with van der Waals surface area (Å²) in [6, 6.07) is 32.5. The van der Waals surface area contributed by atoms with E-state index in [-0.39, 0.29) is 5.92 Å². The molecule has 5 aromatic rings. The molecule has 166 valence electrons. The van der Waals surface area contributed by atoms with E-state index in [4.69, 9.17) is 9.97 Å². The second kappa shape index (κ2) is 8.11. The van der Waals surface area contributed by atoms with E-state index < -0.39 is 0 Å². The van der Waals surface area contributed by atoms with Gasteiger partial charge in [0.2, 0.25) is 0 Å². The molecular formula is C31H18Br2N2. The monoisotopic (exact) mass is 576 g/mol. The van der Waals surface area contributed by atoms with Gasteiger partial charge in [-0.25, -0.2) is 0 Å². The van der Waals surface area contributed by atoms with Crippen molar-refractivity contribution in [1.82, 2.24) is 9.97 Å². The van der Waals surface area contributed by atoms with Gasteiger partial charge in [0, 0.05) is 27.3 Å². The van der Waals surface area contributed by atoms with Crippen molar-refractivity contribution in [3.63, 3.8) is 0 Å². The summed E-state index contributed by atoms with van der Waals surface area (Å²) in [6.45, 7) is 0. The molecule has 2 heterocycles. The lowest BCUT2D eigenvalue weighted by atomic mass is 9.80. The fraction of sp³-hybridized carbons (Fsp3) is 0.0323. The highest BCUT2D eigenvalue weighted by molar-refractivity contribution is 9.10. The zero-order valence-corrected chi connectivity index (χ0v) is 21.7. The topological polar surface area (TPSA) is 25.8 Å². The first-order valence-corrected chi connectivity index (χ1v) is 13.1. The summed E-state index contributed by atoms with van der Waals surface area (Å²) in [6.07, 6.45) is 3.73. The van der Waals surface area contributed by atoms with Gasteiger partial charge in [0.05, 0.1) is 11.4 Å². The summed E-state index contributed by atoms with van der Waals surface area (Å²) in [5.41, 5.74) is 13.1. The molecule has 3 aromatic carbocycles. The minimum Gasteiger partial charge on any atom is -0.254 e. The third kappa shape index (κ3) is 3.20. The predicted molar refractivity (Wildman–Crippen MR) is 149 cm³/mol. The predicted octanol–water partition coefficient (Wildman–Crippen LogP) is 8.75. The smallest absolute Gasteiger partial charge is 0.0930 e. The Balaban J connectivity index is 1.65. The highest BCUT2D eigenvalue weighted by atomic mass is 79.9. The van der Waals surface area contributed by atoms with Crippen molar-refractivity contribution < 1.29 is 0 Å². The fourth-order valence-corrected chi connectivity index (χ4v) is 6.32. The Morgan fingerprint density at radius 1 is 0.571 bits per heavy atom. The Morgan fingerprint density at radius 3 is 1.66 bits per heavy atom. The summed E-state index contributed by atoms with van der Waals surface area (Å²) in [7, 11) is 0. The van der Waals surface area contributed by atoms with Gasteiger partial charge in [-0.15, -0.1) is 0 Å². The Morgan fingerprint density at radius 2 is 1.11 bits per heavy atom. The molecule has 7 rings (SSSR count). The summed E-state index contributed by atoms with van der Waals surface area (Å²) in [4.78, 5) is 9.54. The van der Waals surface area contributed by atoms with Crippen LogP contribution in [0.5, 0.6) is 0 Å². The van der Waals surface area contributed by atoms with E-state index in [9.17, 15) is 0 Å². The number of hydrogen-bond acceptors (Lipinski definition) is 2. The van der Waals surface area contributed by atoms with Crippen LogP contribution in [-0.4, -0.2) is 9.97 Å². The third-order valence-corrected chi connectivity index (χ3v) is 7.95. The largest absolute Gasteiger partial charge is 0.254 e. The highest BCUT2D eigenvalue weighted by Crippen LogP contribution is 2.56. The summed E-state index contributed by atoms with van der Waals surface area (Å²) < 4.78 is 2.15. The molecule has 0 saturated carbocycles. The van der Waals surface area contributed by atoms with Crippen molar-refractivity contribution in [2.75, 3.05) is 0 Å². The van der Waals surface area contributed by atoms with Crippen molar-refractivity contribution in [3.05, 3.63) is 140 Å². The van der Waals surface area contributed by atoms with E-state index in [1.54, 1.807) is 0 Å². The van der Waals surface area contributed by atoms with Crippen molar-refractivity contribution in [2.45, 2.75) is 5.92 Å². The number of nitrogens with zero attached hydrogens (tertiary/aromatic N) is 2. The van der Waals surface area contributed by atoms with E-state index in [0.29, 0.717) is 0 Å². The number of halogens is 2. The van der Waals surface area contributed by atoms with Gasteiger partial charge in [0.1, 0.15) is 0 Å². The SMILES string of the molecule is Brc1ccc2c(c1)C(=C(c1ccccc1)C1c3cccnc3-c3ncccc31)c1cc(Br)ccc1-2. The first-order valence-electron chi connectivity index (χ1n) is 11.5. The van der Waals surface area contributed by atoms with Crippen LogP contribution in [0.3, 0.4) is 0 Å². The van der Waals surface area contributed by atoms with Crippen LogP contribution in [0, 0.1) is 0 Å². The van der Waals surface area contributed by atoms with Crippen LogP contribution in [0.25, 0.3) is 33.7 Å². The number of rotatable bonds is 2. The first-order chi connectivity index (χ1) is 17.2. The van der Waals surface area contributed by atoms with E-state index in [1.807, 2.05) is 24.5 Å². The van der Waals surface area contributed by atoms with Crippen molar-refractivity contribution in [3.8, 4) is 22.5 Å². The van der Waals surface area contributed by atoms with Crippen LogP contribution in [0.4, 0.5) is 0 Å². The Hall–Kier alpha value is -3.34. The van der Waals surface area contributed by atoms with Gasteiger partial charge in [-0.2, -0.15) is 0 Å². The maximum atomic E-state index is 4.77. The molecular weight excluding hydrogens is 560 g/mol. The molecule has 0 spiro atoms. The van der Waals surface area contributed by atoms with Gasteiger partial charge in [-0.05, 0) is 86.5 Å². The molecule has 35 heavy (non-hydrogen) atoms. The maximum Gasteiger partial charge on any atom is 0.0930 e. The Labute approximate surface area is 220 Å². The molecule has 4 heteroatoms. The lowest BCUT2D eigenvalue weighted by Crippen LogP contribution is -2.04. The summed E-state index contributed by atoms with van der Waals surface area (Å²) >= 11 is 7.48. The molecule has 0 fully saturated rings. The molecule has 0 unspecified atom stereocenters. The van der Waals surface area contributed by atoms with Gasteiger partial charge < -0.3 is 0 Å². The molecule has 0 N–H and O–H groups in total. The van der Waals surface area contributed by atoms with E-state index in [1.165, 1.54) is 50.1 Å². The van der Waals surface area contributed by atoms with Crippen LogP contribution < -0.4 is 0 Å². The number of allylic oxidation sites excluding steroid dienone is 1. The molecule has 2 aromatic heterocycles. The van der Waals surface area contributed by atoms with Gasteiger partial charge >= 0.3 is 0 Å². The minimum absolute atomic E-state index is 0.0246. The van der Waals surface area contributed by atoms with Crippen LogP contribution >= 0.6 is 31.9 Å². The lowest BCUT2D eigenvalue weighted by Gasteiger charge is -2.22. The van der Waals surface area contributed by atoms with E-state index >= 15 is 0 Å². The van der Waals surface area contributed by atoms with Gasteiger partial charge in [-0.1, -0.05) is 86.5 Å². The second-order valence-corrected chi connectivity index (χ2v) is 10.7. The molecule has 0 aliphatic heterocycles. The highest BCUT2D eigenvalue weighted by Gasteiger charge is 2.37. The van der Waals surface area contributed by atoms with E-state index in [2.05, 4.69) is 111 Å². The molecule has 0 saturated heterocycles. The van der Waals surface area contributed by atoms with Gasteiger partial charge in [0.25, 0.3) is 0 Å². The lowest BCUT2D eigenvalue weighted by molar-refractivity contribution is 1.08. The van der Waals surface area contributed by atoms with Gasteiger partial charge in [0.15, 0.2) is 0 Å². The number of hydrogen-bond donors (Lipinski definition) is 0. The Bertz CT molecular complexity index is 1570. The number of benzene rings is 3. The standard InChI is InChI=1S/C31H18Br2N2/c32-19-10-12-21-22-13-11-20(33)17-26(22)29(25(21)16-19)27(18-6-2-1-3-7-18)28-23-8-4-14-34-30(23)31-24(28)9-5-15-35-31/h1-17,28H. The zero-order chi connectivity index (χ0) is 23.5. The molecule has 2 aliphatic carbocycles. The van der Waals surface area contributed by atoms with Crippen LogP contribution in [-0.2, 0) is 0 Å². The molecule has 2 aliphatic rings. The first kappa shape index (κ1) is 21.0. The zero-order valence-electron chi connectivity index (χ0n) is 18.5. The number of aromatic nitrogens is 2. The van der Waals surface area contributed by atoms with E-state index in [0.717, 1.165) is 20.3 Å². The van der Waals surface area contributed by atoms with Crippen molar-refractivity contribution in [1.29, 1.82) is 0 Å². The molecule has 0 amide bonds. The third-order valence-electron chi connectivity index (χ3n) is 6.96. The van der Waals surface area contributed by atoms with Gasteiger partial charge in [-0.3, -0.25) is 9.97 Å². The molecule has 0 radical (unpaired) electrons. The quantitative estimate of drug-likeness (QED) is 0.205. The van der Waals surface area contributed by atoms with Crippen LogP contribution in [0.1, 0.15) is 33.7 Å². The number of fused-ring (bicyclic) bond motifs is 6. The minimum atomic E-state index is 0.0246. The fourth-order valence-electron chi connectivity index (χ4n) is 5.60.